The molecule has 3 nitrogen and oxygen atoms in total. The average molecular weight is 358 g/mol. The van der Waals surface area contributed by atoms with Crippen LogP contribution in [0.15, 0.2) is 0 Å². The van der Waals surface area contributed by atoms with Gasteiger partial charge in [-0.2, -0.15) is 0 Å². The number of hydrogen-bond acceptors (Lipinski definition) is 2. The molecule has 21 heavy (non-hydrogen) atoms. The highest BCUT2D eigenvalue weighted by Crippen LogP contribution is 2.65. The summed E-state index contributed by atoms with van der Waals surface area (Å²) in [6.07, 6.45) is 8.43. The van der Waals surface area contributed by atoms with Crippen LogP contribution in [0.25, 0.3) is 0 Å². The van der Waals surface area contributed by atoms with E-state index in [4.69, 9.17) is 4.74 Å². The number of nitrogens with one attached hydrogen (secondary N) is 1. The van der Waals surface area contributed by atoms with Gasteiger partial charge in [0.15, 0.2) is 0 Å². The maximum Gasteiger partial charge on any atom is 0.226 e. The number of carbonyl (C=O) groups is 1. The molecule has 1 amide bonds. The summed E-state index contributed by atoms with van der Waals surface area (Å²) in [4.78, 5) is 12.8. The SMILES string of the molecule is CC12CC3CC(C1)CC(C(=O)NCCCOCCBr)(C3)C2. The number of rotatable bonds is 7. The van der Waals surface area contributed by atoms with E-state index in [0.717, 1.165) is 62.6 Å². The number of amides is 1. The molecule has 0 aromatic rings. The third-order valence-electron chi connectivity index (χ3n) is 5.81. The van der Waals surface area contributed by atoms with E-state index >= 15 is 0 Å². The van der Waals surface area contributed by atoms with Crippen LogP contribution in [0.1, 0.15) is 51.9 Å². The molecule has 0 aliphatic heterocycles. The van der Waals surface area contributed by atoms with Crippen molar-refractivity contribution in [3.05, 3.63) is 0 Å². The normalized spacial score (nSPS) is 40.5. The second-order valence-electron chi connectivity index (χ2n) is 7.96. The van der Waals surface area contributed by atoms with E-state index in [9.17, 15) is 4.79 Å². The van der Waals surface area contributed by atoms with E-state index in [-0.39, 0.29) is 5.41 Å². The Hall–Kier alpha value is -0.0900. The van der Waals surface area contributed by atoms with Gasteiger partial charge in [0.2, 0.25) is 5.91 Å². The predicted molar refractivity (Wildman–Crippen MR) is 87.5 cm³/mol. The molecule has 4 saturated carbocycles. The molecule has 4 heteroatoms. The fourth-order valence-electron chi connectivity index (χ4n) is 5.71. The lowest BCUT2D eigenvalue weighted by molar-refractivity contribution is -0.155. The van der Waals surface area contributed by atoms with Crippen molar-refractivity contribution in [3.8, 4) is 0 Å². The zero-order valence-electron chi connectivity index (χ0n) is 13.1. The molecule has 0 heterocycles. The van der Waals surface area contributed by atoms with Gasteiger partial charge in [-0.05, 0) is 62.2 Å². The Morgan fingerprint density at radius 1 is 1.24 bits per heavy atom. The van der Waals surface area contributed by atoms with Crippen LogP contribution in [0.4, 0.5) is 0 Å². The summed E-state index contributed by atoms with van der Waals surface area (Å²) in [6.45, 7) is 4.66. The summed E-state index contributed by atoms with van der Waals surface area (Å²) in [7, 11) is 0. The van der Waals surface area contributed by atoms with Crippen molar-refractivity contribution in [2.75, 3.05) is 25.1 Å². The summed E-state index contributed by atoms with van der Waals surface area (Å²) in [5.41, 5.74) is 0.413. The van der Waals surface area contributed by atoms with Crippen LogP contribution in [0.2, 0.25) is 0 Å². The molecule has 4 fully saturated rings. The first-order chi connectivity index (χ1) is 10.1. The van der Waals surface area contributed by atoms with Crippen molar-refractivity contribution in [1.82, 2.24) is 5.32 Å². The summed E-state index contributed by atoms with van der Waals surface area (Å²) in [5.74, 6) is 1.96. The monoisotopic (exact) mass is 357 g/mol. The summed E-state index contributed by atoms with van der Waals surface area (Å²) < 4.78 is 5.43. The van der Waals surface area contributed by atoms with Crippen LogP contribution in [-0.2, 0) is 9.53 Å². The molecule has 4 rings (SSSR count). The smallest absolute Gasteiger partial charge is 0.226 e. The lowest BCUT2D eigenvalue weighted by Crippen LogP contribution is -2.56. The first-order valence-electron chi connectivity index (χ1n) is 8.47. The number of hydrogen-bond donors (Lipinski definition) is 1. The molecule has 0 aromatic carbocycles. The molecule has 4 aliphatic carbocycles. The topological polar surface area (TPSA) is 38.3 Å². The Labute approximate surface area is 136 Å². The minimum atomic E-state index is -0.0322. The van der Waals surface area contributed by atoms with Crippen molar-refractivity contribution >= 4 is 21.8 Å². The van der Waals surface area contributed by atoms with E-state index in [1.807, 2.05) is 0 Å². The van der Waals surface area contributed by atoms with Gasteiger partial charge in [-0.15, -0.1) is 0 Å². The molecule has 0 aromatic heterocycles. The first-order valence-corrected chi connectivity index (χ1v) is 9.59. The van der Waals surface area contributed by atoms with Gasteiger partial charge in [0, 0.05) is 18.5 Å². The third-order valence-corrected chi connectivity index (χ3v) is 6.13. The molecular weight excluding hydrogens is 330 g/mol. The minimum Gasteiger partial charge on any atom is -0.381 e. The van der Waals surface area contributed by atoms with Gasteiger partial charge >= 0.3 is 0 Å². The largest absolute Gasteiger partial charge is 0.381 e. The number of carbonyl (C=O) groups excluding carboxylic acids is 1. The molecule has 4 bridgehead atoms. The summed E-state index contributed by atoms with van der Waals surface area (Å²) >= 11 is 3.34. The Bertz CT molecular complexity index is 384. The molecule has 2 atom stereocenters. The molecule has 120 valence electrons. The summed E-state index contributed by atoms with van der Waals surface area (Å²) in [6, 6.07) is 0. The standard InChI is InChI=1S/C17H28BrNO2/c1-16-8-13-7-14(9-16)11-17(10-13,12-16)15(20)19-4-2-5-21-6-3-18/h13-14H,2-12H2,1H3,(H,19,20). The highest BCUT2D eigenvalue weighted by Gasteiger charge is 2.58. The van der Waals surface area contributed by atoms with Crippen molar-refractivity contribution in [1.29, 1.82) is 0 Å². The van der Waals surface area contributed by atoms with Crippen molar-refractivity contribution in [3.63, 3.8) is 0 Å². The van der Waals surface area contributed by atoms with E-state index in [2.05, 4.69) is 28.2 Å². The van der Waals surface area contributed by atoms with Gasteiger partial charge < -0.3 is 10.1 Å². The van der Waals surface area contributed by atoms with Crippen LogP contribution in [-0.4, -0.2) is 31.0 Å². The maximum atomic E-state index is 12.8. The fourth-order valence-corrected chi connectivity index (χ4v) is 5.94. The zero-order chi connectivity index (χ0) is 14.9. The minimum absolute atomic E-state index is 0.0322. The highest BCUT2D eigenvalue weighted by molar-refractivity contribution is 9.09. The fraction of sp³-hybridized carbons (Fsp3) is 0.941. The maximum absolute atomic E-state index is 12.8. The van der Waals surface area contributed by atoms with Crippen molar-refractivity contribution in [2.45, 2.75) is 51.9 Å². The van der Waals surface area contributed by atoms with Crippen LogP contribution in [0, 0.1) is 22.7 Å². The highest BCUT2D eigenvalue weighted by atomic mass is 79.9. The van der Waals surface area contributed by atoms with Gasteiger partial charge in [-0.25, -0.2) is 0 Å². The van der Waals surface area contributed by atoms with E-state index < -0.39 is 0 Å². The third kappa shape index (κ3) is 3.31. The van der Waals surface area contributed by atoms with Gasteiger partial charge in [-0.1, -0.05) is 22.9 Å². The van der Waals surface area contributed by atoms with Gasteiger partial charge in [0.05, 0.1) is 12.0 Å². The van der Waals surface area contributed by atoms with Crippen LogP contribution in [0.3, 0.4) is 0 Å². The number of halogens is 1. The molecule has 0 spiro atoms. The Morgan fingerprint density at radius 2 is 1.95 bits per heavy atom. The Balaban J connectivity index is 1.50. The van der Waals surface area contributed by atoms with Gasteiger partial charge in [-0.3, -0.25) is 4.79 Å². The predicted octanol–water partition coefficient (Wildman–Crippen LogP) is 3.51. The number of ether oxygens (including phenoxy) is 1. The van der Waals surface area contributed by atoms with Crippen LogP contribution in [0.5, 0.6) is 0 Å². The molecule has 1 N–H and O–H groups in total. The van der Waals surface area contributed by atoms with E-state index in [1.54, 1.807) is 0 Å². The molecule has 0 saturated heterocycles. The van der Waals surface area contributed by atoms with Crippen LogP contribution >= 0.6 is 15.9 Å². The molecule has 2 unspecified atom stereocenters. The number of alkyl halides is 1. The summed E-state index contributed by atoms with van der Waals surface area (Å²) in [5, 5.41) is 4.08. The Kier molecular flexibility index (Phi) is 4.66. The molecular formula is C17H28BrNO2. The zero-order valence-corrected chi connectivity index (χ0v) is 14.7. The van der Waals surface area contributed by atoms with Gasteiger partial charge in [0.1, 0.15) is 0 Å². The van der Waals surface area contributed by atoms with E-state index in [0.29, 0.717) is 11.3 Å². The van der Waals surface area contributed by atoms with E-state index in [1.165, 1.54) is 19.3 Å². The average Bonchev–Trinajstić information content (AvgIpc) is 2.39. The first kappa shape index (κ1) is 15.8. The molecule has 0 radical (unpaired) electrons. The second kappa shape index (κ2) is 6.19. The Morgan fingerprint density at radius 3 is 2.57 bits per heavy atom. The van der Waals surface area contributed by atoms with Gasteiger partial charge in [0.25, 0.3) is 0 Å². The lowest BCUT2D eigenvalue weighted by atomic mass is 9.44. The van der Waals surface area contributed by atoms with Crippen molar-refractivity contribution in [2.24, 2.45) is 22.7 Å². The second-order valence-corrected chi connectivity index (χ2v) is 8.76. The van der Waals surface area contributed by atoms with Crippen LogP contribution < -0.4 is 5.32 Å². The molecule has 4 aliphatic rings. The quantitative estimate of drug-likeness (QED) is 0.559. The van der Waals surface area contributed by atoms with Crippen molar-refractivity contribution < 1.29 is 9.53 Å². The lowest BCUT2D eigenvalue weighted by Gasteiger charge is -2.60.